The topological polar surface area (TPSA) is 135 Å². The molecule has 30 heavy (non-hydrogen) atoms. The van der Waals surface area contributed by atoms with E-state index in [9.17, 15) is 23.3 Å². The van der Waals surface area contributed by atoms with Crippen LogP contribution in [0.1, 0.15) is 0 Å². The maximum atomic E-state index is 13.2. The minimum Gasteiger partial charge on any atom is -0.299 e. The van der Waals surface area contributed by atoms with E-state index in [1.54, 1.807) is 18.2 Å². The second kappa shape index (κ2) is 9.19. The molecule has 10 nitrogen and oxygen atoms in total. The highest BCUT2D eigenvalue weighted by Crippen LogP contribution is 2.27. The molecule has 1 N–H and O–H groups in total. The molecule has 0 unspecified atom stereocenters. The van der Waals surface area contributed by atoms with E-state index < -0.39 is 27.4 Å². The van der Waals surface area contributed by atoms with Gasteiger partial charge in [0.25, 0.3) is 15.7 Å². The van der Waals surface area contributed by atoms with Crippen LogP contribution in [0.3, 0.4) is 0 Å². The van der Waals surface area contributed by atoms with Gasteiger partial charge in [-0.1, -0.05) is 47.4 Å². The van der Waals surface area contributed by atoms with Crippen LogP contribution < -0.4 is 9.62 Å². The predicted octanol–water partition coefficient (Wildman–Crippen LogP) is 3.00. The molecule has 1 heterocycles. The van der Waals surface area contributed by atoms with Gasteiger partial charge in [-0.25, -0.2) is 8.42 Å². The molecular formula is C17H15N5O5S3. The second-order valence-corrected chi connectivity index (χ2v) is 9.62. The van der Waals surface area contributed by atoms with Crippen molar-refractivity contribution in [2.24, 2.45) is 0 Å². The highest BCUT2D eigenvalue weighted by Gasteiger charge is 2.28. The summed E-state index contributed by atoms with van der Waals surface area (Å²) in [6.07, 6.45) is 1.81. The van der Waals surface area contributed by atoms with Gasteiger partial charge < -0.3 is 0 Å². The average Bonchev–Trinajstić information content (AvgIpc) is 3.20. The summed E-state index contributed by atoms with van der Waals surface area (Å²) in [7, 11) is -4.17. The Hall–Kier alpha value is -3.03. The lowest BCUT2D eigenvalue weighted by atomic mass is 10.3. The van der Waals surface area contributed by atoms with Gasteiger partial charge in [0.15, 0.2) is 4.34 Å². The monoisotopic (exact) mass is 465 g/mol. The van der Waals surface area contributed by atoms with Crippen LogP contribution in [0.25, 0.3) is 0 Å². The Bertz CT molecular complexity index is 1170. The number of nitrogens with zero attached hydrogens (tertiary/aromatic N) is 4. The van der Waals surface area contributed by atoms with Crippen LogP contribution in [0.2, 0.25) is 0 Å². The number of anilines is 2. The molecule has 0 aliphatic rings. The number of thioether (sulfide) groups is 1. The van der Waals surface area contributed by atoms with Crippen molar-refractivity contribution in [3.63, 3.8) is 0 Å². The van der Waals surface area contributed by atoms with E-state index in [4.69, 9.17) is 0 Å². The number of non-ortho nitro benzene ring substituents is 1. The number of nitrogens with one attached hydrogen (secondary N) is 1. The normalized spacial score (nSPS) is 11.1. The van der Waals surface area contributed by atoms with Crippen LogP contribution in [-0.2, 0) is 14.8 Å². The fourth-order valence-corrected chi connectivity index (χ4v) is 5.05. The maximum Gasteiger partial charge on any atom is 0.271 e. The molecule has 2 aromatic carbocycles. The largest absolute Gasteiger partial charge is 0.299 e. The first-order valence-corrected chi connectivity index (χ1v) is 11.8. The smallest absolute Gasteiger partial charge is 0.271 e. The number of carbonyl (C=O) groups excluding carboxylic acids is 1. The Morgan fingerprint density at radius 2 is 1.93 bits per heavy atom. The lowest BCUT2D eigenvalue weighted by Gasteiger charge is -2.23. The van der Waals surface area contributed by atoms with Crippen LogP contribution in [0.5, 0.6) is 0 Å². The first-order valence-electron chi connectivity index (χ1n) is 8.31. The molecule has 0 spiro atoms. The number of amides is 1. The third kappa shape index (κ3) is 4.93. The molecule has 0 saturated heterocycles. The Balaban J connectivity index is 1.96. The Morgan fingerprint density at radius 3 is 2.57 bits per heavy atom. The Kier molecular flexibility index (Phi) is 6.64. The summed E-state index contributed by atoms with van der Waals surface area (Å²) in [5.41, 5.74) is -0.305. The Labute approximate surface area is 180 Å². The summed E-state index contributed by atoms with van der Waals surface area (Å²) in [4.78, 5) is 23.0. The van der Waals surface area contributed by atoms with Crippen molar-refractivity contribution in [1.29, 1.82) is 0 Å². The summed E-state index contributed by atoms with van der Waals surface area (Å²) in [6.45, 7) is -0.605. The predicted molar refractivity (Wildman–Crippen MR) is 114 cm³/mol. The molecule has 3 aromatic rings. The Morgan fingerprint density at radius 1 is 1.20 bits per heavy atom. The van der Waals surface area contributed by atoms with Gasteiger partial charge >= 0.3 is 0 Å². The average molecular weight is 466 g/mol. The highest BCUT2D eigenvalue weighted by atomic mass is 32.2. The third-order valence-electron chi connectivity index (χ3n) is 3.77. The van der Waals surface area contributed by atoms with E-state index in [0.717, 1.165) is 21.7 Å². The number of hydrogen-bond acceptors (Lipinski definition) is 9. The maximum absolute atomic E-state index is 13.2. The number of benzene rings is 2. The number of carbonyl (C=O) groups is 1. The third-order valence-corrected chi connectivity index (χ3v) is 7.38. The van der Waals surface area contributed by atoms with Crippen molar-refractivity contribution in [3.8, 4) is 0 Å². The zero-order chi connectivity index (χ0) is 21.7. The van der Waals surface area contributed by atoms with Crippen molar-refractivity contribution < 1.29 is 18.1 Å². The molecule has 1 aromatic heterocycles. The van der Waals surface area contributed by atoms with E-state index in [1.165, 1.54) is 42.1 Å². The molecule has 0 aliphatic heterocycles. The van der Waals surface area contributed by atoms with Gasteiger partial charge in [0, 0.05) is 12.1 Å². The molecule has 0 radical (unpaired) electrons. The second-order valence-electron chi connectivity index (χ2n) is 5.73. The van der Waals surface area contributed by atoms with Gasteiger partial charge in [0.2, 0.25) is 11.0 Å². The first kappa shape index (κ1) is 21.7. The SMILES string of the molecule is CSc1nnc(NC(=O)CN(c2cccc([N+](=O)[O-])c2)S(=O)(=O)c2ccccc2)s1. The summed E-state index contributed by atoms with van der Waals surface area (Å²) >= 11 is 2.50. The standard InChI is InChI=1S/C17H15N5O5S3/c1-28-17-20-19-16(29-17)18-15(23)11-21(12-6-5-7-13(10-12)22(24)25)30(26,27)14-8-3-2-4-9-14/h2-10H,11H2,1H3,(H,18,19,23). The minimum absolute atomic E-state index is 0.00901. The van der Waals surface area contributed by atoms with Crippen molar-refractivity contribution in [3.05, 3.63) is 64.7 Å². The van der Waals surface area contributed by atoms with Crippen molar-refractivity contribution in [2.75, 3.05) is 22.4 Å². The van der Waals surface area contributed by atoms with Crippen LogP contribution in [-0.4, -0.2) is 42.2 Å². The van der Waals surface area contributed by atoms with Crippen molar-refractivity contribution >= 4 is 55.5 Å². The van der Waals surface area contributed by atoms with Crippen molar-refractivity contribution in [2.45, 2.75) is 9.24 Å². The number of nitro groups is 1. The fourth-order valence-electron chi connectivity index (χ4n) is 2.43. The van der Waals surface area contributed by atoms with Crippen molar-refractivity contribution in [1.82, 2.24) is 10.2 Å². The quantitative estimate of drug-likeness (QED) is 0.232. The number of nitro benzene ring substituents is 1. The van der Waals surface area contributed by atoms with Gasteiger partial charge in [0.05, 0.1) is 15.5 Å². The summed E-state index contributed by atoms with van der Waals surface area (Å²) in [6, 6.07) is 12.6. The van der Waals surface area contributed by atoms with Crippen LogP contribution >= 0.6 is 23.1 Å². The molecule has 0 atom stereocenters. The lowest BCUT2D eigenvalue weighted by Crippen LogP contribution is -2.38. The number of sulfonamides is 1. The van der Waals surface area contributed by atoms with E-state index in [1.807, 2.05) is 6.26 Å². The number of aromatic nitrogens is 2. The van der Waals surface area contributed by atoms with Gasteiger partial charge in [-0.05, 0) is 24.5 Å². The zero-order valence-electron chi connectivity index (χ0n) is 15.5. The van der Waals surface area contributed by atoms with Gasteiger partial charge in [-0.2, -0.15) is 0 Å². The summed E-state index contributed by atoms with van der Waals surface area (Å²) in [5.74, 6) is -0.662. The summed E-state index contributed by atoms with van der Waals surface area (Å²) in [5, 5.41) is 21.6. The zero-order valence-corrected chi connectivity index (χ0v) is 17.9. The molecule has 0 saturated carbocycles. The van der Waals surface area contributed by atoms with Crippen LogP contribution in [0.4, 0.5) is 16.5 Å². The van der Waals surface area contributed by atoms with Gasteiger partial charge in [0.1, 0.15) is 6.54 Å². The van der Waals surface area contributed by atoms with E-state index in [0.29, 0.717) is 4.34 Å². The first-order chi connectivity index (χ1) is 14.3. The summed E-state index contributed by atoms with van der Waals surface area (Å²) < 4.78 is 27.9. The molecule has 156 valence electrons. The molecular weight excluding hydrogens is 450 g/mol. The van der Waals surface area contributed by atoms with E-state index in [2.05, 4.69) is 15.5 Å². The minimum atomic E-state index is -4.17. The molecule has 0 fully saturated rings. The fraction of sp³-hybridized carbons (Fsp3) is 0.118. The molecule has 0 aliphatic carbocycles. The number of hydrogen-bond donors (Lipinski definition) is 1. The molecule has 0 bridgehead atoms. The molecule has 3 rings (SSSR count). The van der Waals surface area contributed by atoms with E-state index in [-0.39, 0.29) is 21.4 Å². The lowest BCUT2D eigenvalue weighted by molar-refractivity contribution is -0.384. The molecule has 1 amide bonds. The van der Waals surface area contributed by atoms with Crippen LogP contribution in [0, 0.1) is 10.1 Å². The molecule has 13 heteroatoms. The highest BCUT2D eigenvalue weighted by molar-refractivity contribution is 8.00. The number of rotatable bonds is 8. The van der Waals surface area contributed by atoms with E-state index >= 15 is 0 Å². The van der Waals surface area contributed by atoms with Gasteiger partial charge in [-0.15, -0.1) is 10.2 Å². The van der Waals surface area contributed by atoms with Crippen LogP contribution in [0.15, 0.2) is 63.8 Å². The van der Waals surface area contributed by atoms with Gasteiger partial charge in [-0.3, -0.25) is 24.5 Å².